The van der Waals surface area contributed by atoms with Crippen LogP contribution < -0.4 is 10.6 Å². The molecule has 2 unspecified atom stereocenters. The molecule has 0 fully saturated rings. The minimum absolute atomic E-state index is 0.122. The molecule has 0 bridgehead atoms. The van der Waals surface area contributed by atoms with Crippen LogP contribution in [0.3, 0.4) is 0 Å². The Morgan fingerprint density at radius 3 is 2.78 bits per heavy atom. The minimum atomic E-state index is -1.000. The Morgan fingerprint density at radius 2 is 2.28 bits per heavy atom. The molecule has 9 heteroatoms. The molecule has 0 radical (unpaired) electrons. The van der Waals surface area contributed by atoms with Gasteiger partial charge in [-0.25, -0.2) is 4.98 Å². The van der Waals surface area contributed by atoms with E-state index in [1.807, 2.05) is 0 Å². The van der Waals surface area contributed by atoms with Crippen molar-refractivity contribution in [3.8, 4) is 0 Å². The van der Waals surface area contributed by atoms with Crippen molar-refractivity contribution >= 4 is 28.3 Å². The molecule has 0 saturated heterocycles. The van der Waals surface area contributed by atoms with Gasteiger partial charge in [-0.1, -0.05) is 0 Å². The first-order chi connectivity index (χ1) is 8.45. The maximum Gasteiger partial charge on any atom is 0.329 e. The highest BCUT2D eigenvalue weighted by Gasteiger charge is 2.18. The number of hydrogen-bond acceptors (Lipinski definition) is 7. The summed E-state index contributed by atoms with van der Waals surface area (Å²) in [5.74, 6) is 0.407. The van der Waals surface area contributed by atoms with Gasteiger partial charge in [-0.15, -0.1) is 0 Å². The molecule has 2 N–H and O–H groups in total. The zero-order chi connectivity index (χ0) is 13.7. The van der Waals surface area contributed by atoms with Crippen molar-refractivity contribution in [1.29, 1.82) is 0 Å². The van der Waals surface area contributed by atoms with Gasteiger partial charge >= 0.3 is 5.69 Å². The van der Waals surface area contributed by atoms with Gasteiger partial charge in [0.05, 0.1) is 4.92 Å². The molecular formula is C9H15N5O3S. The Hall–Kier alpha value is -1.77. The van der Waals surface area contributed by atoms with Crippen LogP contribution in [0.2, 0.25) is 0 Å². The monoisotopic (exact) mass is 273 g/mol. The van der Waals surface area contributed by atoms with Crippen LogP contribution in [0.5, 0.6) is 0 Å². The van der Waals surface area contributed by atoms with E-state index in [0.29, 0.717) is 6.54 Å². The van der Waals surface area contributed by atoms with Crippen LogP contribution in [0.4, 0.5) is 17.5 Å². The van der Waals surface area contributed by atoms with Crippen LogP contribution in [0.25, 0.3) is 0 Å². The van der Waals surface area contributed by atoms with E-state index in [4.69, 9.17) is 0 Å². The highest BCUT2D eigenvalue weighted by atomic mass is 32.2. The number of nitro groups is 1. The largest absolute Gasteiger partial charge is 0.363 e. The van der Waals surface area contributed by atoms with Crippen LogP contribution in [0.1, 0.15) is 6.92 Å². The summed E-state index contributed by atoms with van der Waals surface area (Å²) >= 11 is 0. The van der Waals surface area contributed by atoms with Gasteiger partial charge in [0.25, 0.3) is 0 Å². The Morgan fingerprint density at radius 1 is 1.61 bits per heavy atom. The second-order valence-corrected chi connectivity index (χ2v) is 5.43. The second kappa shape index (κ2) is 6.24. The number of anilines is 2. The van der Waals surface area contributed by atoms with Crippen LogP contribution in [-0.2, 0) is 10.8 Å². The number of nitrogens with one attached hydrogen (secondary N) is 2. The lowest BCUT2D eigenvalue weighted by atomic mass is 10.4. The lowest BCUT2D eigenvalue weighted by Gasteiger charge is -2.11. The first kappa shape index (κ1) is 14.3. The highest BCUT2D eigenvalue weighted by molar-refractivity contribution is 7.84. The van der Waals surface area contributed by atoms with Crippen molar-refractivity contribution in [3.63, 3.8) is 0 Å². The molecule has 18 heavy (non-hydrogen) atoms. The summed E-state index contributed by atoms with van der Waals surface area (Å²) in [4.78, 5) is 18.0. The SMILES string of the molecule is CNc1ncc([N+](=O)[O-])c(NCC(C)S(C)=O)n1. The molecular weight excluding hydrogens is 258 g/mol. The van der Waals surface area contributed by atoms with E-state index < -0.39 is 15.7 Å². The fourth-order valence-corrected chi connectivity index (χ4v) is 1.44. The Kier molecular flexibility index (Phi) is 4.95. The fourth-order valence-electron chi connectivity index (χ4n) is 1.12. The molecule has 1 aromatic heterocycles. The predicted octanol–water partition coefficient (Wildman–Crippen LogP) is 0.605. The molecule has 0 aromatic carbocycles. The van der Waals surface area contributed by atoms with Crippen molar-refractivity contribution in [2.24, 2.45) is 0 Å². The molecule has 0 aliphatic heterocycles. The second-order valence-electron chi connectivity index (χ2n) is 3.62. The van der Waals surface area contributed by atoms with E-state index >= 15 is 0 Å². The van der Waals surface area contributed by atoms with E-state index in [0.717, 1.165) is 6.20 Å². The molecule has 0 spiro atoms. The summed E-state index contributed by atoms with van der Waals surface area (Å²) in [5, 5.41) is 16.2. The summed E-state index contributed by atoms with van der Waals surface area (Å²) in [6.45, 7) is 2.12. The Bertz CT molecular complexity index is 468. The number of aromatic nitrogens is 2. The number of nitrogens with zero attached hydrogens (tertiary/aromatic N) is 3. The van der Waals surface area contributed by atoms with Gasteiger partial charge in [0.2, 0.25) is 11.8 Å². The van der Waals surface area contributed by atoms with Crippen molar-refractivity contribution in [2.45, 2.75) is 12.2 Å². The molecule has 1 rings (SSSR count). The number of rotatable bonds is 6. The average Bonchev–Trinajstić information content (AvgIpc) is 2.34. The fraction of sp³-hybridized carbons (Fsp3) is 0.556. The van der Waals surface area contributed by atoms with Gasteiger partial charge < -0.3 is 10.6 Å². The Balaban J connectivity index is 2.90. The summed E-state index contributed by atoms with van der Waals surface area (Å²) in [6, 6.07) is 0. The van der Waals surface area contributed by atoms with Gasteiger partial charge in [-0.2, -0.15) is 4.98 Å². The predicted molar refractivity (Wildman–Crippen MR) is 70.3 cm³/mol. The molecule has 0 aliphatic rings. The molecule has 0 amide bonds. The van der Waals surface area contributed by atoms with E-state index in [2.05, 4.69) is 20.6 Å². The zero-order valence-electron chi connectivity index (χ0n) is 10.3. The van der Waals surface area contributed by atoms with Crippen LogP contribution in [0.15, 0.2) is 6.20 Å². The molecule has 0 saturated carbocycles. The molecule has 100 valence electrons. The van der Waals surface area contributed by atoms with Gasteiger partial charge in [0.15, 0.2) is 0 Å². The smallest absolute Gasteiger partial charge is 0.329 e. The molecule has 8 nitrogen and oxygen atoms in total. The van der Waals surface area contributed by atoms with E-state index in [1.165, 1.54) is 0 Å². The Labute approximate surface area is 107 Å². The van der Waals surface area contributed by atoms with Crippen molar-refractivity contribution in [1.82, 2.24) is 9.97 Å². The lowest BCUT2D eigenvalue weighted by molar-refractivity contribution is -0.384. The van der Waals surface area contributed by atoms with Gasteiger partial charge in [-0.05, 0) is 6.92 Å². The maximum absolute atomic E-state index is 11.2. The summed E-state index contributed by atoms with van der Waals surface area (Å²) in [6.07, 6.45) is 2.72. The normalized spacial score (nSPS) is 13.7. The quantitative estimate of drug-likeness (QED) is 0.577. The maximum atomic E-state index is 11.2. The lowest BCUT2D eigenvalue weighted by Crippen LogP contribution is -2.21. The average molecular weight is 273 g/mol. The molecule has 0 aliphatic carbocycles. The highest BCUT2D eigenvalue weighted by Crippen LogP contribution is 2.21. The third kappa shape index (κ3) is 3.62. The van der Waals surface area contributed by atoms with Crippen molar-refractivity contribution in [2.75, 3.05) is 30.5 Å². The van der Waals surface area contributed by atoms with E-state index in [9.17, 15) is 14.3 Å². The third-order valence-corrected chi connectivity index (χ3v) is 3.61. The van der Waals surface area contributed by atoms with E-state index in [-0.39, 0.29) is 22.7 Å². The molecule has 1 aromatic rings. The van der Waals surface area contributed by atoms with Crippen LogP contribution in [0, 0.1) is 10.1 Å². The van der Waals surface area contributed by atoms with Gasteiger partial charge in [0.1, 0.15) is 6.20 Å². The van der Waals surface area contributed by atoms with Crippen molar-refractivity contribution < 1.29 is 9.13 Å². The van der Waals surface area contributed by atoms with Crippen LogP contribution >= 0.6 is 0 Å². The zero-order valence-corrected chi connectivity index (χ0v) is 11.2. The minimum Gasteiger partial charge on any atom is -0.363 e. The molecule has 1 heterocycles. The first-order valence-corrected chi connectivity index (χ1v) is 6.83. The summed E-state index contributed by atoms with van der Waals surface area (Å²) in [7, 11) is 0.620. The van der Waals surface area contributed by atoms with Crippen LogP contribution in [-0.4, -0.2) is 44.2 Å². The van der Waals surface area contributed by atoms with Gasteiger partial charge in [-0.3, -0.25) is 14.3 Å². The standard InChI is InChI=1S/C9H15N5O3S/c1-6(18(3)17)4-11-8-7(14(15)16)5-12-9(10-2)13-8/h5-6H,4H2,1-3H3,(H2,10,11,12,13). The molecule has 2 atom stereocenters. The topological polar surface area (TPSA) is 110 Å². The third-order valence-electron chi connectivity index (χ3n) is 2.31. The summed E-state index contributed by atoms with van der Waals surface area (Å²) < 4.78 is 11.2. The van der Waals surface area contributed by atoms with Crippen molar-refractivity contribution in [3.05, 3.63) is 16.3 Å². The first-order valence-electron chi connectivity index (χ1n) is 5.21. The number of hydrogen-bond donors (Lipinski definition) is 2. The van der Waals surface area contributed by atoms with Gasteiger partial charge in [0, 0.05) is 35.9 Å². The van der Waals surface area contributed by atoms with E-state index in [1.54, 1.807) is 20.2 Å². The summed E-state index contributed by atoms with van der Waals surface area (Å²) in [5.41, 5.74) is -0.205.